The molecule has 1 atom stereocenters. The first kappa shape index (κ1) is 29.4. The number of carbonyl (C=O) groups excluding carboxylic acids is 2. The Hall–Kier alpha value is -2.79. The highest BCUT2D eigenvalue weighted by Crippen LogP contribution is 2.33. The Bertz CT molecular complexity index is 1170. The Kier molecular flexibility index (Phi) is 10.6. The van der Waals surface area contributed by atoms with Crippen LogP contribution in [0.25, 0.3) is 0 Å². The van der Waals surface area contributed by atoms with Crippen molar-refractivity contribution in [3.8, 4) is 11.5 Å². The van der Waals surface area contributed by atoms with Crippen LogP contribution in [-0.2, 0) is 26.2 Å². The minimum atomic E-state index is -3.89. The van der Waals surface area contributed by atoms with Gasteiger partial charge in [-0.05, 0) is 42.7 Å². The number of methoxy groups -OCH3 is 2. The van der Waals surface area contributed by atoms with Crippen LogP contribution in [-0.4, -0.2) is 64.7 Å². The molecular formula is C25H34BrN3O6S. The molecule has 0 fully saturated rings. The number of rotatable bonds is 12. The number of carbonyl (C=O) groups is 2. The molecular weight excluding hydrogens is 550 g/mol. The van der Waals surface area contributed by atoms with E-state index < -0.39 is 28.5 Å². The Morgan fingerprint density at radius 2 is 1.75 bits per heavy atom. The van der Waals surface area contributed by atoms with E-state index in [1.165, 1.54) is 25.2 Å². The van der Waals surface area contributed by atoms with Gasteiger partial charge in [-0.25, -0.2) is 8.42 Å². The molecule has 0 aliphatic carbocycles. The monoisotopic (exact) mass is 583 g/mol. The van der Waals surface area contributed by atoms with Crippen molar-refractivity contribution in [3.05, 3.63) is 52.5 Å². The molecule has 0 bridgehead atoms. The molecule has 0 saturated carbocycles. The number of hydrogen-bond acceptors (Lipinski definition) is 6. The number of amides is 2. The third-order valence-corrected chi connectivity index (χ3v) is 7.05. The fourth-order valence-electron chi connectivity index (χ4n) is 3.45. The summed E-state index contributed by atoms with van der Waals surface area (Å²) in [5, 5.41) is 2.85. The fourth-order valence-corrected chi connectivity index (χ4v) is 4.75. The van der Waals surface area contributed by atoms with E-state index in [1.54, 1.807) is 19.1 Å². The lowest BCUT2D eigenvalue weighted by molar-refractivity contribution is -0.139. The predicted molar refractivity (Wildman–Crippen MR) is 144 cm³/mol. The number of nitrogens with one attached hydrogen (secondary N) is 1. The Labute approximate surface area is 221 Å². The van der Waals surface area contributed by atoms with E-state index >= 15 is 0 Å². The highest BCUT2D eigenvalue weighted by Gasteiger charge is 2.31. The average molecular weight is 585 g/mol. The average Bonchev–Trinajstić information content (AvgIpc) is 2.82. The van der Waals surface area contributed by atoms with Crippen molar-refractivity contribution in [1.29, 1.82) is 0 Å². The largest absolute Gasteiger partial charge is 0.497 e. The van der Waals surface area contributed by atoms with Crippen LogP contribution in [0.5, 0.6) is 11.5 Å². The lowest BCUT2D eigenvalue weighted by atomic mass is 10.1. The van der Waals surface area contributed by atoms with Crippen molar-refractivity contribution in [3.63, 3.8) is 0 Å². The zero-order chi connectivity index (χ0) is 27.0. The van der Waals surface area contributed by atoms with Crippen molar-refractivity contribution in [2.75, 3.05) is 37.9 Å². The first-order valence-corrected chi connectivity index (χ1v) is 14.0. The minimum absolute atomic E-state index is 0.117. The van der Waals surface area contributed by atoms with E-state index in [0.29, 0.717) is 12.3 Å². The standard InChI is InChI=1S/C25H34BrN3O6S/c1-17(2)14-27-25(31)18(3)28(15-19-8-7-9-20(26)12-19)24(30)16-29(36(6,32)33)22-11-10-21(34-4)13-23(22)35-5/h7-13,17-18H,14-16H2,1-6H3,(H,27,31). The van der Waals surface area contributed by atoms with Gasteiger partial charge in [0, 0.05) is 23.6 Å². The van der Waals surface area contributed by atoms with Crippen molar-refractivity contribution < 1.29 is 27.5 Å². The summed E-state index contributed by atoms with van der Waals surface area (Å²) < 4.78 is 37.9. The first-order valence-electron chi connectivity index (χ1n) is 11.4. The first-order chi connectivity index (χ1) is 16.9. The summed E-state index contributed by atoms with van der Waals surface area (Å²) in [5.74, 6) is 0.0834. The van der Waals surface area contributed by atoms with Crippen LogP contribution in [0.4, 0.5) is 5.69 Å². The smallest absolute Gasteiger partial charge is 0.244 e. The molecule has 0 aromatic heterocycles. The van der Waals surface area contributed by atoms with Gasteiger partial charge in [-0.15, -0.1) is 0 Å². The molecule has 2 aromatic carbocycles. The Balaban J connectivity index is 2.44. The van der Waals surface area contributed by atoms with Crippen LogP contribution in [0, 0.1) is 5.92 Å². The molecule has 36 heavy (non-hydrogen) atoms. The van der Waals surface area contributed by atoms with E-state index in [9.17, 15) is 18.0 Å². The second-order valence-corrected chi connectivity index (χ2v) is 11.6. The number of ether oxygens (including phenoxy) is 2. The highest BCUT2D eigenvalue weighted by atomic mass is 79.9. The quantitative estimate of drug-likeness (QED) is 0.410. The highest BCUT2D eigenvalue weighted by molar-refractivity contribution is 9.10. The molecule has 11 heteroatoms. The zero-order valence-electron chi connectivity index (χ0n) is 21.4. The molecule has 9 nitrogen and oxygen atoms in total. The summed E-state index contributed by atoms with van der Waals surface area (Å²) in [4.78, 5) is 27.9. The second-order valence-electron chi connectivity index (χ2n) is 8.77. The van der Waals surface area contributed by atoms with Crippen LogP contribution in [0.3, 0.4) is 0 Å². The zero-order valence-corrected chi connectivity index (χ0v) is 23.9. The summed E-state index contributed by atoms with van der Waals surface area (Å²) in [6.45, 7) is 5.64. The SMILES string of the molecule is COc1ccc(N(CC(=O)N(Cc2cccc(Br)c2)C(C)C(=O)NCC(C)C)S(C)(=O)=O)c(OC)c1. The van der Waals surface area contributed by atoms with Crippen LogP contribution < -0.4 is 19.1 Å². The molecule has 0 aliphatic heterocycles. The van der Waals surface area contributed by atoms with Gasteiger partial charge in [0.15, 0.2) is 0 Å². The van der Waals surface area contributed by atoms with Gasteiger partial charge in [0.25, 0.3) is 0 Å². The molecule has 2 aromatic rings. The van der Waals surface area contributed by atoms with Crippen LogP contribution in [0.2, 0.25) is 0 Å². The van der Waals surface area contributed by atoms with E-state index in [2.05, 4.69) is 21.2 Å². The number of nitrogens with zero attached hydrogens (tertiary/aromatic N) is 2. The summed E-state index contributed by atoms with van der Waals surface area (Å²) >= 11 is 3.43. The van der Waals surface area contributed by atoms with Gasteiger partial charge in [-0.2, -0.15) is 0 Å². The number of halogens is 1. The molecule has 1 N–H and O–H groups in total. The van der Waals surface area contributed by atoms with Gasteiger partial charge < -0.3 is 19.7 Å². The number of hydrogen-bond donors (Lipinski definition) is 1. The maximum Gasteiger partial charge on any atom is 0.244 e. The predicted octanol–water partition coefficient (Wildman–Crippen LogP) is 3.42. The van der Waals surface area contributed by atoms with E-state index in [4.69, 9.17) is 9.47 Å². The van der Waals surface area contributed by atoms with Gasteiger partial charge in [-0.3, -0.25) is 13.9 Å². The molecule has 2 rings (SSSR count). The summed E-state index contributed by atoms with van der Waals surface area (Å²) in [6.07, 6.45) is 1.02. The molecule has 0 spiro atoms. The topological polar surface area (TPSA) is 105 Å². The maximum absolute atomic E-state index is 13.6. The lowest BCUT2D eigenvalue weighted by Gasteiger charge is -2.32. The van der Waals surface area contributed by atoms with Gasteiger partial charge in [0.1, 0.15) is 24.1 Å². The molecule has 198 valence electrons. The van der Waals surface area contributed by atoms with Crippen LogP contribution >= 0.6 is 15.9 Å². The van der Waals surface area contributed by atoms with Gasteiger partial charge >= 0.3 is 0 Å². The minimum Gasteiger partial charge on any atom is -0.497 e. The fraction of sp³-hybridized carbons (Fsp3) is 0.440. The molecule has 2 amide bonds. The van der Waals surface area contributed by atoms with Crippen LogP contribution in [0.1, 0.15) is 26.3 Å². The number of sulfonamides is 1. The van der Waals surface area contributed by atoms with Gasteiger partial charge in [0.2, 0.25) is 21.8 Å². The van der Waals surface area contributed by atoms with Crippen molar-refractivity contribution >= 4 is 43.5 Å². The molecule has 0 radical (unpaired) electrons. The van der Waals surface area contributed by atoms with Crippen molar-refractivity contribution in [2.24, 2.45) is 5.92 Å². The molecule has 1 unspecified atom stereocenters. The normalized spacial score (nSPS) is 12.1. The third kappa shape index (κ3) is 8.12. The number of anilines is 1. The Morgan fingerprint density at radius 3 is 2.31 bits per heavy atom. The van der Waals surface area contributed by atoms with Crippen LogP contribution in [0.15, 0.2) is 46.9 Å². The molecule has 0 saturated heterocycles. The second kappa shape index (κ2) is 13.0. The maximum atomic E-state index is 13.6. The number of benzene rings is 2. The summed E-state index contributed by atoms with van der Waals surface area (Å²) in [5.41, 5.74) is 0.975. The van der Waals surface area contributed by atoms with E-state index in [1.807, 2.05) is 38.1 Å². The van der Waals surface area contributed by atoms with Gasteiger partial charge in [-0.1, -0.05) is 41.9 Å². The van der Waals surface area contributed by atoms with E-state index in [-0.39, 0.29) is 29.8 Å². The third-order valence-electron chi connectivity index (χ3n) is 5.43. The summed E-state index contributed by atoms with van der Waals surface area (Å²) in [6, 6.07) is 11.2. The molecule has 0 heterocycles. The van der Waals surface area contributed by atoms with Gasteiger partial charge in [0.05, 0.1) is 26.2 Å². The van der Waals surface area contributed by atoms with Crippen molar-refractivity contribution in [2.45, 2.75) is 33.4 Å². The molecule has 0 aliphatic rings. The van der Waals surface area contributed by atoms with Crippen molar-refractivity contribution in [1.82, 2.24) is 10.2 Å². The Morgan fingerprint density at radius 1 is 1.06 bits per heavy atom. The lowest BCUT2D eigenvalue weighted by Crippen LogP contribution is -2.51. The summed E-state index contributed by atoms with van der Waals surface area (Å²) in [7, 11) is -1.00. The van der Waals surface area contributed by atoms with E-state index in [0.717, 1.165) is 20.6 Å².